The molecule has 0 bridgehead atoms. The van der Waals surface area contributed by atoms with E-state index < -0.39 is 28.4 Å². The molecule has 0 spiro atoms. The second-order valence-corrected chi connectivity index (χ2v) is 9.19. The van der Waals surface area contributed by atoms with Crippen LogP contribution in [-0.4, -0.2) is 74.1 Å². The molecule has 2 heterocycles. The van der Waals surface area contributed by atoms with Crippen molar-refractivity contribution in [1.82, 2.24) is 25.0 Å². The Balaban J connectivity index is 1.77. The van der Waals surface area contributed by atoms with Crippen molar-refractivity contribution >= 4 is 27.7 Å². The maximum absolute atomic E-state index is 13.4. The van der Waals surface area contributed by atoms with Gasteiger partial charge < -0.3 is 4.90 Å². The Labute approximate surface area is 190 Å². The summed E-state index contributed by atoms with van der Waals surface area (Å²) in [6, 6.07) is 11.4. The highest BCUT2D eigenvalue weighted by molar-refractivity contribution is 7.90. The van der Waals surface area contributed by atoms with E-state index in [0.29, 0.717) is 37.6 Å². The van der Waals surface area contributed by atoms with Crippen LogP contribution in [0.3, 0.4) is 0 Å². The third kappa shape index (κ3) is 6.21. The lowest BCUT2D eigenvalue weighted by Crippen LogP contribution is -2.52. The molecule has 1 fully saturated rings. The molecular formula is C20H24F2N6O4S. The summed E-state index contributed by atoms with van der Waals surface area (Å²) in [6.45, 7) is 1.87. The van der Waals surface area contributed by atoms with Gasteiger partial charge in [-0.15, -0.1) is 0 Å². The first-order valence-corrected chi connectivity index (χ1v) is 11.4. The van der Waals surface area contributed by atoms with Crippen LogP contribution < -0.4 is 15.2 Å². The van der Waals surface area contributed by atoms with Gasteiger partial charge in [0, 0.05) is 32.4 Å². The molecule has 2 N–H and O–H groups in total. The number of amides is 2. The zero-order valence-corrected chi connectivity index (χ0v) is 18.6. The Morgan fingerprint density at radius 3 is 2.30 bits per heavy atom. The number of hydrogen-bond acceptors (Lipinski definition) is 6. The Morgan fingerprint density at radius 2 is 1.73 bits per heavy atom. The third-order valence-electron chi connectivity index (χ3n) is 5.00. The second-order valence-electron chi connectivity index (χ2n) is 7.33. The summed E-state index contributed by atoms with van der Waals surface area (Å²) < 4.78 is 53.9. The number of benzene rings is 1. The maximum atomic E-state index is 13.4. The number of piperazine rings is 1. The molecular weight excluding hydrogens is 458 g/mol. The highest BCUT2D eigenvalue weighted by Crippen LogP contribution is 2.23. The van der Waals surface area contributed by atoms with Crippen LogP contribution in [0.25, 0.3) is 0 Å². The van der Waals surface area contributed by atoms with Gasteiger partial charge in [0.2, 0.25) is 0 Å². The molecule has 0 radical (unpaired) electrons. The molecule has 0 atom stereocenters. The van der Waals surface area contributed by atoms with Gasteiger partial charge in [-0.25, -0.2) is 0 Å². The van der Waals surface area contributed by atoms with E-state index in [2.05, 4.69) is 4.98 Å². The van der Waals surface area contributed by atoms with Crippen LogP contribution in [0.2, 0.25) is 0 Å². The molecule has 1 aromatic carbocycles. The van der Waals surface area contributed by atoms with Gasteiger partial charge in [0.05, 0.1) is 23.5 Å². The fourth-order valence-corrected chi connectivity index (χ4v) is 4.69. The van der Waals surface area contributed by atoms with Crippen LogP contribution in [0.5, 0.6) is 0 Å². The minimum Gasteiger partial charge on any atom is -0.304 e. The molecule has 13 heteroatoms. The molecule has 2 amide bonds. The van der Waals surface area contributed by atoms with Crippen molar-refractivity contribution in [1.29, 1.82) is 0 Å². The highest BCUT2D eigenvalue weighted by atomic mass is 32.2. The summed E-state index contributed by atoms with van der Waals surface area (Å²) in [4.78, 5) is 29.1. The SMILES string of the molecule is CN1CCN(S(=O)(=O)N(Cc2ccc(C(=O)NNC(=O)C(F)F)cn2)c2ccccc2)CC1. The van der Waals surface area contributed by atoms with Crippen LogP contribution in [0.4, 0.5) is 14.5 Å². The number of aromatic nitrogens is 1. The average molecular weight is 483 g/mol. The molecule has 1 aliphatic heterocycles. The zero-order chi connectivity index (χ0) is 24.0. The topological polar surface area (TPSA) is 115 Å². The van der Waals surface area contributed by atoms with Gasteiger partial charge in [-0.2, -0.15) is 21.5 Å². The van der Waals surface area contributed by atoms with Crippen molar-refractivity contribution in [2.45, 2.75) is 13.0 Å². The minimum absolute atomic E-state index is 0.00139. The normalized spacial score (nSPS) is 15.3. The van der Waals surface area contributed by atoms with Gasteiger partial charge in [0.15, 0.2) is 0 Å². The fourth-order valence-electron chi connectivity index (χ4n) is 3.10. The summed E-state index contributed by atoms with van der Waals surface area (Å²) >= 11 is 0. The minimum atomic E-state index is -3.85. The highest BCUT2D eigenvalue weighted by Gasteiger charge is 2.32. The van der Waals surface area contributed by atoms with Gasteiger partial charge >= 0.3 is 22.5 Å². The first-order valence-electron chi connectivity index (χ1n) is 10.0. The predicted octanol–water partition coefficient (Wildman–Crippen LogP) is 0.607. The summed E-state index contributed by atoms with van der Waals surface area (Å²) in [5, 5.41) is 0. The number of hydrogen-bond donors (Lipinski definition) is 2. The summed E-state index contributed by atoms with van der Waals surface area (Å²) in [6.07, 6.45) is -2.10. The van der Waals surface area contributed by atoms with Crippen molar-refractivity contribution in [2.75, 3.05) is 37.5 Å². The molecule has 33 heavy (non-hydrogen) atoms. The first kappa shape index (κ1) is 24.5. The number of halogens is 2. The third-order valence-corrected chi connectivity index (χ3v) is 6.92. The second kappa shape index (κ2) is 10.6. The lowest BCUT2D eigenvalue weighted by Gasteiger charge is -2.36. The first-order chi connectivity index (χ1) is 15.7. The number of anilines is 1. The molecule has 0 unspecified atom stereocenters. The van der Waals surface area contributed by atoms with Crippen LogP contribution in [0, 0.1) is 0 Å². The number of carbonyl (C=O) groups excluding carboxylic acids is 2. The van der Waals surface area contributed by atoms with E-state index in [1.807, 2.05) is 17.4 Å². The summed E-state index contributed by atoms with van der Waals surface area (Å²) in [5.41, 5.74) is 4.29. The number of rotatable bonds is 7. The molecule has 3 rings (SSSR count). The summed E-state index contributed by atoms with van der Waals surface area (Å²) in [7, 11) is -1.92. The Bertz CT molecular complexity index is 1060. The maximum Gasteiger partial charge on any atom is 0.317 e. The smallest absolute Gasteiger partial charge is 0.304 e. The number of hydrazine groups is 1. The number of nitrogens with one attached hydrogen (secondary N) is 2. The predicted molar refractivity (Wildman–Crippen MR) is 116 cm³/mol. The van der Waals surface area contributed by atoms with E-state index in [1.165, 1.54) is 26.9 Å². The van der Waals surface area contributed by atoms with Gasteiger partial charge in [0.25, 0.3) is 5.91 Å². The van der Waals surface area contributed by atoms with Crippen molar-refractivity contribution in [3.63, 3.8) is 0 Å². The van der Waals surface area contributed by atoms with Crippen LogP contribution >= 0.6 is 0 Å². The quantitative estimate of drug-likeness (QED) is 0.559. The molecule has 178 valence electrons. The number of para-hydroxylation sites is 1. The molecule has 0 aliphatic carbocycles. The van der Waals surface area contributed by atoms with E-state index in [9.17, 15) is 26.8 Å². The Morgan fingerprint density at radius 1 is 1.06 bits per heavy atom. The van der Waals surface area contributed by atoms with Crippen molar-refractivity contribution in [3.05, 3.63) is 59.9 Å². The van der Waals surface area contributed by atoms with E-state index in [1.54, 1.807) is 35.8 Å². The number of pyridine rings is 1. The van der Waals surface area contributed by atoms with E-state index in [4.69, 9.17) is 0 Å². The average Bonchev–Trinajstić information content (AvgIpc) is 2.81. The number of alkyl halides is 2. The lowest BCUT2D eigenvalue weighted by atomic mass is 10.2. The van der Waals surface area contributed by atoms with Crippen LogP contribution in [0.15, 0.2) is 48.7 Å². The van der Waals surface area contributed by atoms with E-state index in [-0.39, 0.29) is 12.1 Å². The van der Waals surface area contributed by atoms with E-state index in [0.717, 1.165) is 0 Å². The monoisotopic (exact) mass is 482 g/mol. The molecule has 10 nitrogen and oxygen atoms in total. The van der Waals surface area contributed by atoms with Gasteiger partial charge in [-0.1, -0.05) is 18.2 Å². The number of carbonyl (C=O) groups is 2. The summed E-state index contributed by atoms with van der Waals surface area (Å²) in [5.74, 6) is -2.48. The Kier molecular flexibility index (Phi) is 7.89. The molecule has 1 aromatic heterocycles. The molecule has 0 saturated carbocycles. The zero-order valence-electron chi connectivity index (χ0n) is 17.8. The van der Waals surface area contributed by atoms with Gasteiger partial charge in [-0.05, 0) is 31.3 Å². The molecule has 1 saturated heterocycles. The van der Waals surface area contributed by atoms with Gasteiger partial charge in [-0.3, -0.25) is 29.7 Å². The lowest BCUT2D eigenvalue weighted by molar-refractivity contribution is -0.132. The largest absolute Gasteiger partial charge is 0.317 e. The molecule has 1 aliphatic rings. The Hall–Kier alpha value is -3.16. The van der Waals surface area contributed by atoms with Crippen molar-refractivity contribution < 1.29 is 26.8 Å². The van der Waals surface area contributed by atoms with Crippen LogP contribution in [-0.2, 0) is 21.5 Å². The van der Waals surface area contributed by atoms with Crippen molar-refractivity contribution in [3.8, 4) is 0 Å². The molecule has 2 aromatic rings. The van der Waals surface area contributed by atoms with Crippen LogP contribution in [0.1, 0.15) is 16.1 Å². The number of likely N-dealkylation sites (N-methyl/N-ethyl adjacent to an activating group) is 1. The van der Waals surface area contributed by atoms with Gasteiger partial charge in [0.1, 0.15) is 0 Å². The van der Waals surface area contributed by atoms with Crippen molar-refractivity contribution in [2.24, 2.45) is 0 Å². The van der Waals surface area contributed by atoms with E-state index >= 15 is 0 Å². The number of nitrogens with zero attached hydrogens (tertiary/aromatic N) is 4. The fraction of sp³-hybridized carbons (Fsp3) is 0.350. The standard InChI is InChI=1S/C20H24F2N6O4S/c1-26-9-11-27(12-10-26)33(31,32)28(17-5-3-2-4-6-17)14-16-8-7-15(13-23-16)19(29)24-25-20(30)18(21)22/h2-8,13,18H,9-12,14H2,1H3,(H,24,29)(H,25,30).